The Balaban J connectivity index is 1.95. The zero-order valence-electron chi connectivity index (χ0n) is 15.6. The molecule has 6 heteroatoms. The molecule has 0 heterocycles. The Kier molecular flexibility index (Phi) is 5.56. The lowest BCUT2D eigenvalue weighted by Crippen LogP contribution is -2.58. The number of amides is 1. The molecular weight excluding hydrogens is 340 g/mol. The first-order valence-electron chi connectivity index (χ1n) is 9.35. The molecule has 6 nitrogen and oxygen atoms in total. The molecule has 0 aromatic heterocycles. The summed E-state index contributed by atoms with van der Waals surface area (Å²) in [6.45, 7) is 1.63. The fourth-order valence-corrected chi connectivity index (χ4v) is 3.76. The van der Waals surface area contributed by atoms with Gasteiger partial charge in [0.05, 0.1) is 12.3 Å². The van der Waals surface area contributed by atoms with Crippen LogP contribution in [-0.2, 0) is 4.79 Å². The lowest BCUT2D eigenvalue weighted by Gasteiger charge is -2.37. The molecule has 1 aliphatic rings. The zero-order valence-corrected chi connectivity index (χ0v) is 15.6. The highest BCUT2D eigenvalue weighted by molar-refractivity contribution is 6.07. The molecule has 0 bridgehead atoms. The first-order valence-corrected chi connectivity index (χ1v) is 9.35. The van der Waals surface area contributed by atoms with Crippen LogP contribution in [0.2, 0.25) is 0 Å². The lowest BCUT2D eigenvalue weighted by atomic mass is 9.76. The number of Topliss-reactive ketones (excluding diaryl/α,β-unsaturated/α-hetero) is 1. The van der Waals surface area contributed by atoms with Gasteiger partial charge in [-0.25, -0.2) is 0 Å². The number of hydrazone groups is 1. The van der Waals surface area contributed by atoms with Gasteiger partial charge in [0.25, 0.3) is 0 Å². The Morgan fingerprint density at radius 1 is 1.11 bits per heavy atom. The van der Waals surface area contributed by atoms with E-state index in [1.54, 1.807) is 13.1 Å². The van der Waals surface area contributed by atoms with E-state index >= 15 is 0 Å². The Morgan fingerprint density at radius 3 is 2.44 bits per heavy atom. The number of nitrogens with one attached hydrogen (secondary N) is 1. The van der Waals surface area contributed by atoms with Gasteiger partial charge in [0, 0.05) is 5.56 Å². The standard InChI is InChI=1S/C21H26N4O2/c1-14(22)20(27)25-21(9-3-2-4-10-21)19(26)18-8-7-16-11-15(13-24-23)5-6-17(16)12-18/h5-8,11-14H,2-4,9-10,22-23H2,1H3,(H,25,27)/t14-/m0/s1. The van der Waals surface area contributed by atoms with E-state index in [1.165, 1.54) is 0 Å². The van der Waals surface area contributed by atoms with E-state index in [0.29, 0.717) is 18.4 Å². The van der Waals surface area contributed by atoms with Crippen LogP contribution in [0.4, 0.5) is 0 Å². The van der Waals surface area contributed by atoms with E-state index in [9.17, 15) is 9.59 Å². The summed E-state index contributed by atoms with van der Waals surface area (Å²) < 4.78 is 0. The molecule has 0 radical (unpaired) electrons. The fourth-order valence-electron chi connectivity index (χ4n) is 3.76. The van der Waals surface area contributed by atoms with E-state index in [4.69, 9.17) is 11.6 Å². The van der Waals surface area contributed by atoms with E-state index < -0.39 is 11.6 Å². The minimum Gasteiger partial charge on any atom is -0.342 e. The van der Waals surface area contributed by atoms with Gasteiger partial charge in [-0.1, -0.05) is 43.5 Å². The fraction of sp³-hybridized carbons (Fsp3) is 0.381. The molecule has 0 unspecified atom stereocenters. The van der Waals surface area contributed by atoms with Crippen LogP contribution in [0.5, 0.6) is 0 Å². The summed E-state index contributed by atoms with van der Waals surface area (Å²) in [6, 6.07) is 10.8. The topological polar surface area (TPSA) is 111 Å². The molecule has 0 aliphatic heterocycles. The molecular formula is C21H26N4O2. The van der Waals surface area contributed by atoms with Gasteiger partial charge in [-0.3, -0.25) is 9.59 Å². The quantitative estimate of drug-likeness (QED) is 0.327. The number of fused-ring (bicyclic) bond motifs is 1. The molecule has 2 aromatic carbocycles. The normalized spacial score (nSPS) is 17.7. The summed E-state index contributed by atoms with van der Waals surface area (Å²) in [5, 5.41) is 8.46. The molecule has 3 rings (SSSR count). The number of hydrogen-bond donors (Lipinski definition) is 3. The third-order valence-corrected chi connectivity index (χ3v) is 5.27. The number of nitrogens with zero attached hydrogens (tertiary/aromatic N) is 1. The SMILES string of the molecule is C[C@H](N)C(=O)NC1(C(=O)c2ccc3cc(C=NN)ccc3c2)CCCCC1. The van der Waals surface area contributed by atoms with Crippen molar-refractivity contribution in [1.29, 1.82) is 0 Å². The van der Waals surface area contributed by atoms with Crippen molar-refractivity contribution >= 4 is 28.7 Å². The summed E-state index contributed by atoms with van der Waals surface area (Å²) in [6.07, 6.45) is 5.79. The van der Waals surface area contributed by atoms with Crippen LogP contribution in [0.3, 0.4) is 0 Å². The zero-order chi connectivity index (χ0) is 19.4. The molecule has 0 saturated heterocycles. The third kappa shape index (κ3) is 4.01. The van der Waals surface area contributed by atoms with Crippen molar-refractivity contribution in [1.82, 2.24) is 5.32 Å². The van der Waals surface area contributed by atoms with Crippen molar-refractivity contribution in [2.45, 2.75) is 50.6 Å². The van der Waals surface area contributed by atoms with E-state index in [2.05, 4.69) is 10.4 Å². The summed E-state index contributed by atoms with van der Waals surface area (Å²) in [5.74, 6) is 4.89. The van der Waals surface area contributed by atoms with Crippen molar-refractivity contribution in [3.8, 4) is 0 Å². The first-order chi connectivity index (χ1) is 12.9. The van der Waals surface area contributed by atoms with E-state index in [-0.39, 0.29) is 11.7 Å². The monoisotopic (exact) mass is 366 g/mol. The lowest BCUT2D eigenvalue weighted by molar-refractivity contribution is -0.123. The van der Waals surface area contributed by atoms with Gasteiger partial charge in [-0.05, 0) is 48.2 Å². The molecule has 5 N–H and O–H groups in total. The summed E-state index contributed by atoms with van der Waals surface area (Å²) in [4.78, 5) is 25.7. The van der Waals surface area contributed by atoms with Gasteiger partial charge in [-0.15, -0.1) is 0 Å². The van der Waals surface area contributed by atoms with Gasteiger partial charge in [0.15, 0.2) is 5.78 Å². The predicted molar refractivity (Wildman–Crippen MR) is 108 cm³/mol. The molecule has 1 aliphatic carbocycles. The van der Waals surface area contributed by atoms with Crippen molar-refractivity contribution < 1.29 is 9.59 Å². The molecule has 0 spiro atoms. The Morgan fingerprint density at radius 2 is 1.78 bits per heavy atom. The number of carbonyl (C=O) groups excluding carboxylic acids is 2. The Hall–Kier alpha value is -2.73. The number of carbonyl (C=O) groups is 2. The smallest absolute Gasteiger partial charge is 0.237 e. The number of ketones is 1. The van der Waals surface area contributed by atoms with Gasteiger partial charge in [0.1, 0.15) is 5.54 Å². The largest absolute Gasteiger partial charge is 0.342 e. The van der Waals surface area contributed by atoms with Crippen molar-refractivity contribution in [3.05, 3.63) is 47.5 Å². The second-order valence-electron chi connectivity index (χ2n) is 7.35. The highest BCUT2D eigenvalue weighted by Crippen LogP contribution is 2.32. The maximum Gasteiger partial charge on any atom is 0.237 e. The second kappa shape index (κ2) is 7.88. The van der Waals surface area contributed by atoms with E-state index in [1.807, 2.05) is 36.4 Å². The van der Waals surface area contributed by atoms with Gasteiger partial charge in [0.2, 0.25) is 5.91 Å². The maximum atomic E-state index is 13.4. The maximum absolute atomic E-state index is 13.4. The predicted octanol–water partition coefficient (Wildman–Crippen LogP) is 2.48. The third-order valence-electron chi connectivity index (χ3n) is 5.27. The average Bonchev–Trinajstić information content (AvgIpc) is 2.68. The average molecular weight is 366 g/mol. The van der Waals surface area contributed by atoms with Crippen LogP contribution in [0, 0.1) is 0 Å². The summed E-state index contributed by atoms with van der Waals surface area (Å²) >= 11 is 0. The van der Waals surface area contributed by atoms with Gasteiger partial charge >= 0.3 is 0 Å². The molecule has 142 valence electrons. The Bertz CT molecular complexity index is 883. The first kappa shape index (κ1) is 19.0. The van der Waals surface area contributed by atoms with Crippen LogP contribution in [0.15, 0.2) is 41.5 Å². The minimum atomic E-state index is -0.858. The van der Waals surface area contributed by atoms with Crippen LogP contribution >= 0.6 is 0 Å². The highest BCUT2D eigenvalue weighted by Gasteiger charge is 2.41. The van der Waals surface area contributed by atoms with Crippen molar-refractivity contribution in [2.24, 2.45) is 16.7 Å². The summed E-state index contributed by atoms with van der Waals surface area (Å²) in [7, 11) is 0. The summed E-state index contributed by atoms with van der Waals surface area (Å²) in [5.41, 5.74) is 6.37. The van der Waals surface area contributed by atoms with Gasteiger partial charge in [-0.2, -0.15) is 5.10 Å². The van der Waals surface area contributed by atoms with Crippen LogP contribution in [0.25, 0.3) is 10.8 Å². The number of nitrogens with two attached hydrogens (primary N) is 2. The molecule has 1 atom stereocenters. The number of benzene rings is 2. The molecule has 1 fully saturated rings. The number of rotatable bonds is 5. The van der Waals surface area contributed by atoms with Crippen molar-refractivity contribution in [2.75, 3.05) is 0 Å². The Labute approximate surface area is 159 Å². The van der Waals surface area contributed by atoms with Crippen LogP contribution in [0.1, 0.15) is 54.9 Å². The number of hydrogen-bond acceptors (Lipinski definition) is 5. The van der Waals surface area contributed by atoms with Gasteiger partial charge < -0.3 is 16.9 Å². The second-order valence-corrected chi connectivity index (χ2v) is 7.35. The highest BCUT2D eigenvalue weighted by atomic mass is 16.2. The van der Waals surface area contributed by atoms with Crippen molar-refractivity contribution in [3.63, 3.8) is 0 Å². The van der Waals surface area contributed by atoms with E-state index in [0.717, 1.165) is 35.6 Å². The molecule has 1 amide bonds. The molecule has 2 aromatic rings. The van der Waals surface area contributed by atoms with Crippen LogP contribution < -0.4 is 16.9 Å². The molecule has 1 saturated carbocycles. The minimum absolute atomic E-state index is 0.0364. The molecule has 27 heavy (non-hydrogen) atoms. The van der Waals surface area contributed by atoms with Crippen LogP contribution in [-0.4, -0.2) is 29.5 Å².